The number of alkyl halides is 6. The molecule has 0 aliphatic carbocycles. The lowest BCUT2D eigenvalue weighted by molar-refractivity contribution is -0.432. The first-order valence-electron chi connectivity index (χ1n) is 22.2. The zero-order valence-electron chi connectivity index (χ0n) is 38.8. The van der Waals surface area contributed by atoms with Crippen molar-refractivity contribution in [2.75, 3.05) is 0 Å². The van der Waals surface area contributed by atoms with Gasteiger partial charge in [0.05, 0.1) is 12.0 Å². The number of aryl methyl sites for hydroxylation is 2. The number of halogens is 6. The number of carbonyl (C=O) groups is 2. The van der Waals surface area contributed by atoms with Crippen molar-refractivity contribution in [3.8, 4) is 34.1 Å². The van der Waals surface area contributed by atoms with Gasteiger partial charge < -0.3 is 9.47 Å². The fraction of sp³-hybridized carbons (Fsp3) is 0.107. The van der Waals surface area contributed by atoms with Gasteiger partial charge >= 0.3 is 12.4 Å². The number of benzene rings is 8. The summed E-state index contributed by atoms with van der Waals surface area (Å²) in [7, 11) is -4.72. The molecule has 0 saturated heterocycles. The van der Waals surface area contributed by atoms with Crippen molar-refractivity contribution in [2.24, 2.45) is 0 Å². The highest BCUT2D eigenvalue weighted by Crippen LogP contribution is 2.56. The third-order valence-corrected chi connectivity index (χ3v) is 13.5. The molecule has 18 heteroatoms. The molecular weight excluding hydrogens is 1010 g/mol. The van der Waals surface area contributed by atoms with Gasteiger partial charge in [-0.1, -0.05) is 108 Å². The van der Waals surface area contributed by atoms with E-state index in [2.05, 4.69) is 9.37 Å². The van der Waals surface area contributed by atoms with Gasteiger partial charge in [0.2, 0.25) is 5.41 Å². The van der Waals surface area contributed by atoms with E-state index >= 15 is 0 Å². The molecule has 0 unspecified atom stereocenters. The molecule has 0 saturated carbocycles. The van der Waals surface area contributed by atoms with E-state index in [0.29, 0.717) is 74.6 Å². The normalized spacial score (nSPS) is 12.1. The van der Waals surface area contributed by atoms with Crippen LogP contribution >= 0.6 is 12.0 Å². The lowest BCUT2D eigenvalue weighted by atomic mass is 9.73. The molecule has 8 aromatic carbocycles. The minimum absolute atomic E-state index is 0.0488. The average molecular weight is 1050 g/mol. The summed E-state index contributed by atoms with van der Waals surface area (Å²) in [6, 6.07) is 41.4. The largest absolute Gasteiger partial charge is 0.457 e. The van der Waals surface area contributed by atoms with E-state index in [1.807, 2.05) is 6.92 Å². The number of ether oxygens (including phenoxy) is 2. The summed E-state index contributed by atoms with van der Waals surface area (Å²) >= 11 is 0.639. The Morgan fingerprint density at radius 3 is 1.30 bits per heavy atom. The Morgan fingerprint density at radius 2 is 0.878 bits per heavy atom. The summed E-state index contributed by atoms with van der Waals surface area (Å²) in [5.41, 5.74) is -1.78. The predicted octanol–water partition coefficient (Wildman–Crippen LogP) is 14.7. The quantitative estimate of drug-likeness (QED) is 0.0224. The number of ketones is 2. The van der Waals surface area contributed by atoms with Crippen LogP contribution in [0.4, 0.5) is 26.3 Å². The van der Waals surface area contributed by atoms with Crippen LogP contribution in [0.15, 0.2) is 192 Å². The Morgan fingerprint density at radius 1 is 0.500 bits per heavy atom. The van der Waals surface area contributed by atoms with Crippen LogP contribution in [0, 0.1) is 13.8 Å². The number of carbonyl (C=O) groups excluding carboxylic acids is 2. The topological polar surface area (TPSA) is 146 Å². The maximum Gasteiger partial charge on any atom is 0.411 e. The Bertz CT molecular complexity index is 3410. The van der Waals surface area contributed by atoms with Crippen LogP contribution in [-0.4, -0.2) is 42.1 Å². The van der Waals surface area contributed by atoms with E-state index in [-0.39, 0.29) is 57.0 Å². The van der Waals surface area contributed by atoms with E-state index in [0.717, 1.165) is 35.4 Å². The van der Waals surface area contributed by atoms with Gasteiger partial charge in [0.1, 0.15) is 27.9 Å². The van der Waals surface area contributed by atoms with Gasteiger partial charge in [-0.25, -0.2) is 5.26 Å². The Hall–Kier alpha value is -7.58. The molecule has 378 valence electrons. The molecule has 0 atom stereocenters. The summed E-state index contributed by atoms with van der Waals surface area (Å²) < 4.78 is 141. The highest BCUT2D eigenvalue weighted by atomic mass is 32.2. The van der Waals surface area contributed by atoms with Gasteiger partial charge in [0.25, 0.3) is 10.1 Å². The monoisotopic (exact) mass is 1050 g/mol. The van der Waals surface area contributed by atoms with Crippen molar-refractivity contribution in [1.29, 1.82) is 0 Å². The van der Waals surface area contributed by atoms with Gasteiger partial charge in [-0.2, -0.15) is 34.8 Å². The fourth-order valence-electron chi connectivity index (χ4n) is 8.28. The number of hydrogen-bond acceptors (Lipinski definition) is 10. The Kier molecular flexibility index (Phi) is 15.3. The highest BCUT2D eigenvalue weighted by molar-refractivity contribution is 7.94. The molecule has 10 nitrogen and oxygen atoms in total. The van der Waals surface area contributed by atoms with Crippen LogP contribution < -0.4 is 9.47 Å². The first-order chi connectivity index (χ1) is 35.1. The molecule has 0 aromatic heterocycles. The smallest absolute Gasteiger partial charge is 0.411 e. The van der Waals surface area contributed by atoms with Crippen molar-refractivity contribution in [2.45, 2.75) is 47.8 Å². The van der Waals surface area contributed by atoms with E-state index < -0.39 is 39.0 Å². The molecule has 8 aromatic rings. The molecule has 0 aliphatic rings. The van der Waals surface area contributed by atoms with Crippen molar-refractivity contribution in [3.05, 3.63) is 238 Å². The lowest BCUT2D eigenvalue weighted by Gasteiger charge is -2.38. The van der Waals surface area contributed by atoms with Crippen LogP contribution in [0.5, 0.6) is 23.0 Å². The molecule has 0 radical (unpaired) electrons. The SMILES string of the molecule is Cc1ccc(C(=O)c2ccc(Oc3ccc(C(c4ccc(Oc5ccc(C(=O)c6ccc(Cc7ccc(-c8ccc(C)cc8SOOO)c(S(=O)(=O)O)c7)cc6)cc5)cc4)(C(F)(F)F)C(F)(F)F)cc3)cc2)cc1. The van der Waals surface area contributed by atoms with Gasteiger partial charge in [-0.15, -0.1) is 4.33 Å². The second-order valence-corrected chi connectivity index (χ2v) is 19.1. The Balaban J connectivity index is 0.932. The van der Waals surface area contributed by atoms with Gasteiger partial charge in [0.15, 0.2) is 11.6 Å². The van der Waals surface area contributed by atoms with E-state index in [4.69, 9.17) is 14.7 Å². The molecule has 0 amide bonds. The van der Waals surface area contributed by atoms with E-state index in [1.165, 1.54) is 60.7 Å². The van der Waals surface area contributed by atoms with Crippen LogP contribution in [0.2, 0.25) is 0 Å². The van der Waals surface area contributed by atoms with Crippen LogP contribution in [0.25, 0.3) is 11.1 Å². The van der Waals surface area contributed by atoms with Crippen LogP contribution in [0.3, 0.4) is 0 Å². The Labute approximate surface area is 424 Å². The molecule has 0 bridgehead atoms. The second-order valence-electron chi connectivity index (χ2n) is 17.0. The maximum absolute atomic E-state index is 15.0. The third kappa shape index (κ3) is 11.5. The molecular formula is C56H40F6O10S2. The van der Waals surface area contributed by atoms with Crippen LogP contribution in [0.1, 0.15) is 65.2 Å². The van der Waals surface area contributed by atoms with Crippen molar-refractivity contribution >= 4 is 33.7 Å². The summed E-state index contributed by atoms with van der Waals surface area (Å²) in [5.74, 6) is -0.446. The van der Waals surface area contributed by atoms with Crippen LogP contribution in [-0.2, 0) is 31.3 Å². The molecule has 74 heavy (non-hydrogen) atoms. The zero-order valence-corrected chi connectivity index (χ0v) is 40.4. The standard InChI is InChI=1S/C56H40F6O10S2/c1-34-3-9-38(10-4-34)52(63)40-13-21-44(22-14-40)69-46-25-17-42(18-26-46)54(55(57,58)59,56(60,61)62)43-19-27-47(28-20-43)70-45-23-15-41(16-24-45)53(64)39-11-6-36(7-12-39)32-37-8-30-49(51(33-37)74(66,67)68)48-29-5-35(2)31-50(48)73-72-71-65/h3-31,33,65H,32H2,1-2H3,(H,66,67,68). The molecule has 0 aliphatic heterocycles. The first-order valence-corrected chi connectivity index (χ1v) is 24.3. The molecule has 2 N–H and O–H groups in total. The summed E-state index contributed by atoms with van der Waals surface area (Å²) in [6.07, 6.45) is -11.5. The van der Waals surface area contributed by atoms with Crippen molar-refractivity contribution in [1.82, 2.24) is 0 Å². The summed E-state index contributed by atoms with van der Waals surface area (Å²) in [6.45, 7) is 3.68. The number of rotatable bonds is 17. The number of hydrogen-bond donors (Lipinski definition) is 2. The van der Waals surface area contributed by atoms with Crippen molar-refractivity contribution < 1.29 is 73.0 Å². The minimum atomic E-state index is -5.86. The molecule has 0 spiro atoms. The molecule has 0 heterocycles. The van der Waals surface area contributed by atoms with Gasteiger partial charge in [-0.05, 0) is 139 Å². The zero-order chi connectivity index (χ0) is 53.0. The van der Waals surface area contributed by atoms with E-state index in [1.54, 1.807) is 79.7 Å². The summed E-state index contributed by atoms with van der Waals surface area (Å²) in [4.78, 5) is 26.3. The van der Waals surface area contributed by atoms with Gasteiger partial charge in [0, 0.05) is 32.7 Å². The minimum Gasteiger partial charge on any atom is -0.457 e. The maximum atomic E-state index is 15.0. The first kappa shape index (κ1) is 52.7. The van der Waals surface area contributed by atoms with E-state index in [9.17, 15) is 48.9 Å². The lowest BCUT2D eigenvalue weighted by Crippen LogP contribution is -2.54. The molecule has 0 fully saturated rings. The summed E-state index contributed by atoms with van der Waals surface area (Å²) in [5, 5.41) is 12.4. The average Bonchev–Trinajstić information content (AvgIpc) is 3.36. The predicted molar refractivity (Wildman–Crippen MR) is 263 cm³/mol. The third-order valence-electron chi connectivity index (χ3n) is 12.0. The second kappa shape index (κ2) is 21.5. The fourth-order valence-corrected chi connectivity index (χ4v) is 9.64. The van der Waals surface area contributed by atoms with Crippen molar-refractivity contribution in [3.63, 3.8) is 0 Å². The highest BCUT2D eigenvalue weighted by Gasteiger charge is 2.72. The molecule has 8 rings (SSSR count). The van der Waals surface area contributed by atoms with Gasteiger partial charge in [-0.3, -0.25) is 14.1 Å².